The van der Waals surface area contributed by atoms with Gasteiger partial charge in [0, 0.05) is 6.04 Å². The molecule has 1 aliphatic rings. The second kappa shape index (κ2) is 4.07. The van der Waals surface area contributed by atoms with E-state index >= 15 is 0 Å². The minimum atomic E-state index is -1.57. The lowest BCUT2D eigenvalue weighted by Gasteiger charge is -2.20. The summed E-state index contributed by atoms with van der Waals surface area (Å²) in [6.45, 7) is 3.88. The summed E-state index contributed by atoms with van der Waals surface area (Å²) in [5.41, 5.74) is -1.57. The first-order valence-electron chi connectivity index (χ1n) is 5.08. The summed E-state index contributed by atoms with van der Waals surface area (Å²) in [6, 6.07) is 0.0840. The molecule has 0 bridgehead atoms. The van der Waals surface area contributed by atoms with E-state index in [9.17, 15) is 9.18 Å². The van der Waals surface area contributed by atoms with Crippen molar-refractivity contribution in [3.63, 3.8) is 0 Å². The van der Waals surface area contributed by atoms with Gasteiger partial charge in [-0.25, -0.2) is 4.39 Å². The smallest absolute Gasteiger partial charge is 0.257 e. The zero-order chi connectivity index (χ0) is 9.90. The molecule has 1 unspecified atom stereocenters. The van der Waals surface area contributed by atoms with Gasteiger partial charge >= 0.3 is 0 Å². The predicted octanol–water partition coefficient (Wildman–Crippen LogP) is 2.18. The number of hydrogen-bond acceptors (Lipinski definition) is 1. The molecule has 0 aromatic carbocycles. The van der Waals surface area contributed by atoms with Crippen molar-refractivity contribution < 1.29 is 9.18 Å². The van der Waals surface area contributed by atoms with E-state index in [1.54, 1.807) is 0 Å². The Labute approximate surface area is 78.9 Å². The summed E-state index contributed by atoms with van der Waals surface area (Å²) in [6.07, 6.45) is 3.32. The monoisotopic (exact) mass is 187 g/mol. The largest absolute Gasteiger partial charge is 0.351 e. The van der Waals surface area contributed by atoms with Crippen LogP contribution in [0.1, 0.15) is 46.0 Å². The standard InChI is InChI=1S/C10H18FNO/c1-3-8(2)12-9(13)10(11)6-4-5-7-10/h8H,3-7H2,1-2H3,(H,12,13). The van der Waals surface area contributed by atoms with E-state index in [0.29, 0.717) is 12.8 Å². The second-order valence-electron chi connectivity index (χ2n) is 3.96. The van der Waals surface area contributed by atoms with Gasteiger partial charge < -0.3 is 5.32 Å². The molecule has 0 aromatic rings. The maximum absolute atomic E-state index is 13.8. The highest BCUT2D eigenvalue weighted by atomic mass is 19.1. The third-order valence-electron chi connectivity index (χ3n) is 2.79. The Morgan fingerprint density at radius 3 is 2.54 bits per heavy atom. The Balaban J connectivity index is 2.46. The van der Waals surface area contributed by atoms with E-state index in [1.165, 1.54) is 0 Å². The van der Waals surface area contributed by atoms with Gasteiger partial charge in [0.2, 0.25) is 0 Å². The summed E-state index contributed by atoms with van der Waals surface area (Å²) >= 11 is 0. The Morgan fingerprint density at radius 1 is 1.54 bits per heavy atom. The highest BCUT2D eigenvalue weighted by Crippen LogP contribution is 2.33. The van der Waals surface area contributed by atoms with Gasteiger partial charge in [-0.1, -0.05) is 6.92 Å². The molecular weight excluding hydrogens is 169 g/mol. The molecule has 3 heteroatoms. The molecule has 0 saturated heterocycles. The van der Waals surface area contributed by atoms with Crippen LogP contribution in [0.15, 0.2) is 0 Å². The first-order chi connectivity index (χ1) is 6.08. The SMILES string of the molecule is CCC(C)NC(=O)C1(F)CCCC1. The quantitative estimate of drug-likeness (QED) is 0.721. The molecule has 0 aromatic heterocycles. The molecular formula is C10H18FNO. The van der Waals surface area contributed by atoms with Crippen LogP contribution >= 0.6 is 0 Å². The molecule has 1 rings (SSSR count). The molecule has 13 heavy (non-hydrogen) atoms. The molecule has 0 spiro atoms. The fourth-order valence-electron chi connectivity index (χ4n) is 1.62. The average molecular weight is 187 g/mol. The second-order valence-corrected chi connectivity index (χ2v) is 3.96. The van der Waals surface area contributed by atoms with Crippen molar-refractivity contribution in [1.82, 2.24) is 5.32 Å². The summed E-state index contributed by atoms with van der Waals surface area (Å²) in [5.74, 6) is -0.403. The van der Waals surface area contributed by atoms with Crippen LogP contribution in [-0.4, -0.2) is 17.6 Å². The van der Waals surface area contributed by atoms with E-state index in [-0.39, 0.29) is 6.04 Å². The van der Waals surface area contributed by atoms with Crippen molar-refractivity contribution in [3.8, 4) is 0 Å². The van der Waals surface area contributed by atoms with Crippen molar-refractivity contribution in [1.29, 1.82) is 0 Å². The van der Waals surface area contributed by atoms with E-state index < -0.39 is 11.6 Å². The molecule has 1 amide bonds. The molecule has 2 nitrogen and oxygen atoms in total. The lowest BCUT2D eigenvalue weighted by atomic mass is 10.0. The molecule has 0 radical (unpaired) electrons. The maximum Gasteiger partial charge on any atom is 0.257 e. The fraction of sp³-hybridized carbons (Fsp3) is 0.900. The molecule has 1 atom stereocenters. The molecule has 1 fully saturated rings. The van der Waals surface area contributed by atoms with Crippen LogP contribution in [0.25, 0.3) is 0 Å². The van der Waals surface area contributed by atoms with Gasteiger partial charge in [-0.15, -0.1) is 0 Å². The van der Waals surface area contributed by atoms with Gasteiger partial charge in [0.05, 0.1) is 0 Å². The van der Waals surface area contributed by atoms with Crippen molar-refractivity contribution >= 4 is 5.91 Å². The van der Waals surface area contributed by atoms with E-state index in [0.717, 1.165) is 19.3 Å². The maximum atomic E-state index is 13.8. The third kappa shape index (κ3) is 2.42. The van der Waals surface area contributed by atoms with Gasteiger partial charge in [-0.3, -0.25) is 4.79 Å². The molecule has 1 saturated carbocycles. The fourth-order valence-corrected chi connectivity index (χ4v) is 1.62. The van der Waals surface area contributed by atoms with Crippen molar-refractivity contribution in [2.24, 2.45) is 0 Å². The van der Waals surface area contributed by atoms with Crippen molar-refractivity contribution in [2.75, 3.05) is 0 Å². The molecule has 0 heterocycles. The van der Waals surface area contributed by atoms with Crippen LogP contribution in [0.2, 0.25) is 0 Å². The number of nitrogens with one attached hydrogen (secondary N) is 1. The predicted molar refractivity (Wildman–Crippen MR) is 50.2 cm³/mol. The van der Waals surface area contributed by atoms with Crippen LogP contribution in [0.4, 0.5) is 4.39 Å². The number of amides is 1. The first-order valence-corrected chi connectivity index (χ1v) is 5.08. The Bertz CT molecular complexity index is 187. The van der Waals surface area contributed by atoms with Crippen LogP contribution < -0.4 is 5.32 Å². The molecule has 1 aliphatic carbocycles. The van der Waals surface area contributed by atoms with E-state index in [2.05, 4.69) is 5.32 Å². The number of carbonyl (C=O) groups excluding carboxylic acids is 1. The minimum absolute atomic E-state index is 0.0840. The Morgan fingerprint density at radius 2 is 2.08 bits per heavy atom. The van der Waals surface area contributed by atoms with Gasteiger partial charge in [-0.2, -0.15) is 0 Å². The topological polar surface area (TPSA) is 29.1 Å². The normalized spacial score (nSPS) is 22.7. The van der Waals surface area contributed by atoms with Crippen LogP contribution in [-0.2, 0) is 4.79 Å². The average Bonchev–Trinajstić information content (AvgIpc) is 2.53. The third-order valence-corrected chi connectivity index (χ3v) is 2.79. The highest BCUT2D eigenvalue weighted by molar-refractivity contribution is 5.85. The molecule has 1 N–H and O–H groups in total. The zero-order valence-corrected chi connectivity index (χ0v) is 8.40. The summed E-state index contributed by atoms with van der Waals surface area (Å²) < 4.78 is 13.8. The minimum Gasteiger partial charge on any atom is -0.351 e. The Hall–Kier alpha value is -0.600. The molecule has 76 valence electrons. The van der Waals surface area contributed by atoms with E-state index in [1.807, 2.05) is 13.8 Å². The van der Waals surface area contributed by atoms with Gasteiger partial charge in [0.25, 0.3) is 5.91 Å². The van der Waals surface area contributed by atoms with Crippen molar-refractivity contribution in [2.45, 2.75) is 57.7 Å². The number of carbonyl (C=O) groups is 1. The number of halogens is 1. The van der Waals surface area contributed by atoms with Gasteiger partial charge in [0.15, 0.2) is 5.67 Å². The number of alkyl halides is 1. The zero-order valence-electron chi connectivity index (χ0n) is 8.40. The summed E-state index contributed by atoms with van der Waals surface area (Å²) in [5, 5.41) is 2.70. The highest BCUT2D eigenvalue weighted by Gasteiger charge is 2.41. The number of hydrogen-bond donors (Lipinski definition) is 1. The van der Waals surface area contributed by atoms with Crippen LogP contribution in [0.3, 0.4) is 0 Å². The summed E-state index contributed by atoms with van der Waals surface area (Å²) in [7, 11) is 0. The van der Waals surface area contributed by atoms with Crippen LogP contribution in [0.5, 0.6) is 0 Å². The molecule has 0 aliphatic heterocycles. The van der Waals surface area contributed by atoms with E-state index in [4.69, 9.17) is 0 Å². The summed E-state index contributed by atoms with van der Waals surface area (Å²) in [4.78, 5) is 11.5. The lowest BCUT2D eigenvalue weighted by Crippen LogP contribution is -2.45. The number of rotatable bonds is 3. The lowest BCUT2D eigenvalue weighted by molar-refractivity contribution is -0.133. The first kappa shape index (κ1) is 10.5. The van der Waals surface area contributed by atoms with Crippen molar-refractivity contribution in [3.05, 3.63) is 0 Å². The van der Waals surface area contributed by atoms with Gasteiger partial charge in [0.1, 0.15) is 0 Å². The van der Waals surface area contributed by atoms with Gasteiger partial charge in [-0.05, 0) is 39.0 Å². The van der Waals surface area contributed by atoms with Crippen LogP contribution in [0, 0.1) is 0 Å². The Kier molecular flexibility index (Phi) is 3.28.